The molecule has 0 saturated heterocycles. The fraction of sp³-hybridized carbons (Fsp3) is 0. The highest BCUT2D eigenvalue weighted by Gasteiger charge is 2.19. The van der Waals surface area contributed by atoms with Crippen LogP contribution < -0.4 is 16.4 Å². The summed E-state index contributed by atoms with van der Waals surface area (Å²) in [6.07, 6.45) is 0. The summed E-state index contributed by atoms with van der Waals surface area (Å²) >= 11 is 5.83. The van der Waals surface area contributed by atoms with Gasteiger partial charge in [0.1, 0.15) is 11.4 Å². The predicted octanol–water partition coefficient (Wildman–Crippen LogP) is 3.64. The maximum absolute atomic E-state index is 12.5. The largest absolute Gasteiger partial charge is 0.383 e. The minimum atomic E-state index is -0.364. The second kappa shape index (κ2) is 6.41. The van der Waals surface area contributed by atoms with E-state index in [-0.39, 0.29) is 17.3 Å². The van der Waals surface area contributed by atoms with Crippen LogP contribution in [0.25, 0.3) is 0 Å². The van der Waals surface area contributed by atoms with Crippen LogP contribution in [-0.4, -0.2) is 16.1 Å². The molecule has 5 N–H and O–H groups in total. The van der Waals surface area contributed by atoms with E-state index in [1.807, 2.05) is 30.3 Å². The van der Waals surface area contributed by atoms with Crippen molar-refractivity contribution in [3.8, 4) is 0 Å². The van der Waals surface area contributed by atoms with Gasteiger partial charge < -0.3 is 16.4 Å². The molecule has 0 fully saturated rings. The number of para-hydroxylation sites is 1. The first-order valence-corrected chi connectivity index (χ1v) is 7.24. The van der Waals surface area contributed by atoms with Crippen molar-refractivity contribution in [1.29, 1.82) is 0 Å². The zero-order chi connectivity index (χ0) is 16.2. The molecule has 116 valence electrons. The van der Waals surface area contributed by atoms with Crippen molar-refractivity contribution in [2.45, 2.75) is 0 Å². The second-order valence-corrected chi connectivity index (χ2v) is 5.25. The van der Waals surface area contributed by atoms with Crippen LogP contribution >= 0.6 is 11.6 Å². The highest BCUT2D eigenvalue weighted by Crippen LogP contribution is 2.24. The van der Waals surface area contributed by atoms with E-state index in [1.54, 1.807) is 24.3 Å². The van der Waals surface area contributed by atoms with Gasteiger partial charge in [-0.05, 0) is 36.4 Å². The summed E-state index contributed by atoms with van der Waals surface area (Å²) < 4.78 is 0. The second-order valence-electron chi connectivity index (χ2n) is 4.81. The molecule has 0 aliphatic carbocycles. The van der Waals surface area contributed by atoms with Crippen molar-refractivity contribution in [2.75, 3.05) is 16.4 Å². The van der Waals surface area contributed by atoms with Gasteiger partial charge in [-0.25, -0.2) is 0 Å². The minimum absolute atomic E-state index is 0.190. The molecule has 3 aromatic rings. The molecular weight excluding hydrogens is 314 g/mol. The molecule has 0 spiro atoms. The number of nitrogen functional groups attached to an aromatic ring is 1. The Morgan fingerprint density at radius 2 is 1.74 bits per heavy atom. The summed E-state index contributed by atoms with van der Waals surface area (Å²) in [5, 5.41) is 13.1. The van der Waals surface area contributed by atoms with Gasteiger partial charge in [0, 0.05) is 16.4 Å². The van der Waals surface area contributed by atoms with Gasteiger partial charge in [-0.15, -0.1) is 0 Å². The summed E-state index contributed by atoms with van der Waals surface area (Å²) in [4.78, 5) is 12.5. The van der Waals surface area contributed by atoms with Crippen molar-refractivity contribution >= 4 is 40.5 Å². The van der Waals surface area contributed by atoms with Crippen LogP contribution in [0.4, 0.5) is 23.0 Å². The van der Waals surface area contributed by atoms with Crippen molar-refractivity contribution in [2.24, 2.45) is 0 Å². The first-order chi connectivity index (χ1) is 11.1. The average molecular weight is 328 g/mol. The minimum Gasteiger partial charge on any atom is -0.383 e. The molecule has 6 nitrogen and oxygen atoms in total. The molecule has 0 unspecified atom stereocenters. The molecule has 0 aliphatic heterocycles. The smallest absolute Gasteiger partial charge is 0.263 e. The highest BCUT2D eigenvalue weighted by atomic mass is 35.5. The van der Waals surface area contributed by atoms with Gasteiger partial charge in [-0.2, -0.15) is 5.10 Å². The third-order valence-electron chi connectivity index (χ3n) is 3.16. The number of nitrogens with two attached hydrogens (primary N) is 1. The molecule has 0 aliphatic rings. The number of halogens is 1. The third kappa shape index (κ3) is 3.44. The summed E-state index contributed by atoms with van der Waals surface area (Å²) in [6.45, 7) is 0. The molecule has 0 atom stereocenters. The van der Waals surface area contributed by atoms with Crippen LogP contribution in [0.2, 0.25) is 5.02 Å². The van der Waals surface area contributed by atoms with E-state index in [9.17, 15) is 4.79 Å². The number of amides is 1. The van der Waals surface area contributed by atoms with Gasteiger partial charge in [-0.1, -0.05) is 29.8 Å². The zero-order valence-electron chi connectivity index (χ0n) is 12.0. The highest BCUT2D eigenvalue weighted by molar-refractivity contribution is 6.30. The fourth-order valence-electron chi connectivity index (χ4n) is 2.06. The Morgan fingerprint density at radius 3 is 2.43 bits per heavy atom. The van der Waals surface area contributed by atoms with Crippen molar-refractivity contribution in [3.63, 3.8) is 0 Å². The summed E-state index contributed by atoms with van der Waals surface area (Å²) in [5.41, 5.74) is 7.51. The van der Waals surface area contributed by atoms with Crippen LogP contribution in [-0.2, 0) is 0 Å². The molecule has 1 aromatic heterocycles. The molecule has 7 heteroatoms. The average Bonchev–Trinajstić information content (AvgIpc) is 2.91. The first kappa shape index (κ1) is 14.9. The molecule has 0 radical (unpaired) electrons. The number of rotatable bonds is 4. The van der Waals surface area contributed by atoms with E-state index in [4.69, 9.17) is 17.3 Å². The van der Waals surface area contributed by atoms with Crippen LogP contribution in [0, 0.1) is 0 Å². The number of aromatic nitrogens is 2. The van der Waals surface area contributed by atoms with E-state index in [1.165, 1.54) is 0 Å². The van der Waals surface area contributed by atoms with Gasteiger partial charge >= 0.3 is 0 Å². The maximum atomic E-state index is 12.5. The molecule has 1 heterocycles. The summed E-state index contributed by atoms with van der Waals surface area (Å²) in [5.74, 6) is 0.187. The lowest BCUT2D eigenvalue weighted by Crippen LogP contribution is -2.14. The SMILES string of the molecule is Nc1[nH]nc(Nc2ccccc2)c1C(=O)Nc1ccc(Cl)cc1. The lowest BCUT2D eigenvalue weighted by Gasteiger charge is -2.08. The Labute approximate surface area is 137 Å². The number of anilines is 4. The number of carbonyl (C=O) groups excluding carboxylic acids is 1. The van der Waals surface area contributed by atoms with Crippen LogP contribution in [0.3, 0.4) is 0 Å². The van der Waals surface area contributed by atoms with E-state index < -0.39 is 0 Å². The lowest BCUT2D eigenvalue weighted by atomic mass is 10.2. The molecule has 1 amide bonds. The van der Waals surface area contributed by atoms with Crippen LogP contribution in [0.1, 0.15) is 10.4 Å². The van der Waals surface area contributed by atoms with E-state index in [0.717, 1.165) is 5.69 Å². The normalized spacial score (nSPS) is 10.3. The summed E-state index contributed by atoms with van der Waals surface area (Å²) in [7, 11) is 0. The Kier molecular flexibility index (Phi) is 4.16. The van der Waals surface area contributed by atoms with Gasteiger partial charge in [0.25, 0.3) is 5.91 Å². The molecule has 3 rings (SSSR count). The molecule has 23 heavy (non-hydrogen) atoms. The zero-order valence-corrected chi connectivity index (χ0v) is 12.8. The van der Waals surface area contributed by atoms with E-state index >= 15 is 0 Å². The molecule has 0 bridgehead atoms. The Balaban J connectivity index is 1.83. The van der Waals surface area contributed by atoms with Crippen molar-refractivity contribution in [3.05, 3.63) is 65.2 Å². The van der Waals surface area contributed by atoms with Gasteiger partial charge in [0.2, 0.25) is 0 Å². The van der Waals surface area contributed by atoms with E-state index in [2.05, 4.69) is 20.8 Å². The third-order valence-corrected chi connectivity index (χ3v) is 3.41. The molecule has 2 aromatic carbocycles. The number of carbonyl (C=O) groups is 1. The monoisotopic (exact) mass is 327 g/mol. The molecular formula is C16H14ClN5O. The number of nitrogens with one attached hydrogen (secondary N) is 3. The number of hydrogen-bond donors (Lipinski definition) is 4. The van der Waals surface area contributed by atoms with Gasteiger partial charge in [0.05, 0.1) is 0 Å². The predicted molar refractivity (Wildman–Crippen MR) is 92.1 cm³/mol. The van der Waals surface area contributed by atoms with Crippen molar-refractivity contribution in [1.82, 2.24) is 10.2 Å². The maximum Gasteiger partial charge on any atom is 0.263 e. The number of benzene rings is 2. The fourth-order valence-corrected chi connectivity index (χ4v) is 2.19. The Hall–Kier alpha value is -2.99. The lowest BCUT2D eigenvalue weighted by molar-refractivity contribution is 0.102. The standard InChI is InChI=1S/C16H14ClN5O/c17-10-6-8-12(9-7-10)20-16(23)13-14(18)21-22-15(13)19-11-4-2-1-3-5-11/h1-9H,(H,20,23)(H4,18,19,21,22). The quantitative estimate of drug-likeness (QED) is 0.588. The van der Waals surface area contributed by atoms with Gasteiger partial charge in [-0.3, -0.25) is 9.89 Å². The number of hydrogen-bond acceptors (Lipinski definition) is 4. The topological polar surface area (TPSA) is 95.8 Å². The Bertz CT molecular complexity index is 814. The number of aromatic amines is 1. The van der Waals surface area contributed by atoms with Crippen LogP contribution in [0.15, 0.2) is 54.6 Å². The van der Waals surface area contributed by atoms with Crippen LogP contribution in [0.5, 0.6) is 0 Å². The van der Waals surface area contributed by atoms with E-state index in [0.29, 0.717) is 16.5 Å². The first-order valence-electron chi connectivity index (χ1n) is 6.86. The number of nitrogens with zero attached hydrogens (tertiary/aromatic N) is 1. The number of H-pyrrole nitrogens is 1. The van der Waals surface area contributed by atoms with Gasteiger partial charge in [0.15, 0.2) is 5.82 Å². The van der Waals surface area contributed by atoms with Crippen molar-refractivity contribution < 1.29 is 4.79 Å². The molecule has 0 saturated carbocycles. The Morgan fingerprint density at radius 1 is 1.04 bits per heavy atom. The summed E-state index contributed by atoms with van der Waals surface area (Å²) in [6, 6.07) is 16.2.